The molecule has 0 amide bonds. The Morgan fingerprint density at radius 2 is 1.96 bits per heavy atom. The van der Waals surface area contributed by atoms with Crippen LogP contribution in [0.1, 0.15) is 5.69 Å². The maximum Gasteiger partial charge on any atom is 0.174 e. The average Bonchev–Trinajstić information content (AvgIpc) is 3.40. The molecule has 0 unspecified atom stereocenters. The SMILES string of the molecule is C=C.C=NC(=NC)c1nc(-c2nnc(-c3cccnc3)s2)cc2ccsc12. The van der Waals surface area contributed by atoms with Crippen molar-refractivity contribution in [2.75, 3.05) is 7.05 Å². The summed E-state index contributed by atoms with van der Waals surface area (Å²) in [6.07, 6.45) is 3.51. The minimum atomic E-state index is 0.520. The number of pyridine rings is 2. The molecule has 0 saturated heterocycles. The second kappa shape index (κ2) is 8.52. The number of fused-ring (bicyclic) bond motifs is 1. The fourth-order valence-corrected chi connectivity index (χ4v) is 4.08. The summed E-state index contributed by atoms with van der Waals surface area (Å²) in [7, 11) is 1.68. The Morgan fingerprint density at radius 1 is 1.15 bits per heavy atom. The van der Waals surface area contributed by atoms with Gasteiger partial charge in [-0.25, -0.2) is 9.98 Å². The molecule has 0 spiro atoms. The highest BCUT2D eigenvalue weighted by atomic mass is 32.1. The summed E-state index contributed by atoms with van der Waals surface area (Å²) in [5, 5.41) is 13.2. The maximum absolute atomic E-state index is 4.73. The van der Waals surface area contributed by atoms with Crippen molar-refractivity contribution in [2.24, 2.45) is 9.98 Å². The van der Waals surface area contributed by atoms with Crippen LogP contribution in [0.3, 0.4) is 0 Å². The Bertz CT molecular complexity index is 1100. The molecule has 0 radical (unpaired) electrons. The minimum Gasteiger partial charge on any atom is -0.268 e. The van der Waals surface area contributed by atoms with E-state index >= 15 is 0 Å². The number of amidine groups is 1. The van der Waals surface area contributed by atoms with Crippen LogP contribution in [-0.2, 0) is 0 Å². The van der Waals surface area contributed by atoms with Crippen LogP contribution in [0.25, 0.3) is 31.4 Å². The van der Waals surface area contributed by atoms with Crippen LogP contribution in [0.5, 0.6) is 0 Å². The lowest BCUT2D eigenvalue weighted by molar-refractivity contribution is 1.09. The number of hydrogen-bond donors (Lipinski definition) is 0. The number of nitrogens with zero attached hydrogens (tertiary/aromatic N) is 6. The predicted molar refractivity (Wildman–Crippen MR) is 115 cm³/mol. The van der Waals surface area contributed by atoms with Gasteiger partial charge in [-0.05, 0) is 41.7 Å². The second-order valence-corrected chi connectivity index (χ2v) is 6.95. The van der Waals surface area contributed by atoms with Gasteiger partial charge < -0.3 is 0 Å². The van der Waals surface area contributed by atoms with E-state index in [1.54, 1.807) is 30.8 Å². The van der Waals surface area contributed by atoms with E-state index in [-0.39, 0.29) is 0 Å². The van der Waals surface area contributed by atoms with Crippen LogP contribution < -0.4 is 0 Å². The summed E-state index contributed by atoms with van der Waals surface area (Å²) in [6.45, 7) is 9.60. The van der Waals surface area contributed by atoms with Gasteiger partial charge in [0.1, 0.15) is 16.4 Å². The molecule has 4 aromatic rings. The highest BCUT2D eigenvalue weighted by molar-refractivity contribution is 7.18. The summed E-state index contributed by atoms with van der Waals surface area (Å²) in [4.78, 5) is 17.0. The second-order valence-electron chi connectivity index (χ2n) is 5.05. The van der Waals surface area contributed by atoms with E-state index in [1.807, 2.05) is 29.6 Å². The Labute approximate surface area is 164 Å². The zero-order valence-corrected chi connectivity index (χ0v) is 16.3. The van der Waals surface area contributed by atoms with Crippen LogP contribution >= 0.6 is 22.7 Å². The normalized spacial score (nSPS) is 11.1. The molecule has 8 heteroatoms. The number of rotatable bonds is 3. The van der Waals surface area contributed by atoms with Gasteiger partial charge >= 0.3 is 0 Å². The van der Waals surface area contributed by atoms with Gasteiger partial charge in [-0.15, -0.1) is 34.7 Å². The Kier molecular flexibility index (Phi) is 5.90. The standard InChI is InChI=1S/C17H12N6S2.C2H4/c1-18-15(19-2)13-14-10(5-7-24-14)8-12(21-13)17-23-22-16(25-17)11-4-3-6-20-9-11;1-2/h3-9H,1H2,2H3;1-2H2. The van der Waals surface area contributed by atoms with Gasteiger partial charge in [-0.1, -0.05) is 11.3 Å². The largest absolute Gasteiger partial charge is 0.268 e. The summed E-state index contributed by atoms with van der Waals surface area (Å²) in [5.41, 5.74) is 2.41. The van der Waals surface area contributed by atoms with Gasteiger partial charge in [0, 0.05) is 25.0 Å². The van der Waals surface area contributed by atoms with Crippen molar-refractivity contribution < 1.29 is 0 Å². The molecule has 0 aliphatic rings. The lowest BCUT2D eigenvalue weighted by Crippen LogP contribution is -2.01. The first kappa shape index (κ1) is 18.7. The average molecular weight is 393 g/mol. The molecule has 4 aromatic heterocycles. The first-order valence-electron chi connectivity index (χ1n) is 7.86. The first-order valence-corrected chi connectivity index (χ1v) is 9.56. The zero-order chi connectivity index (χ0) is 19.2. The quantitative estimate of drug-likeness (QED) is 0.286. The van der Waals surface area contributed by atoms with E-state index in [0.29, 0.717) is 5.84 Å². The van der Waals surface area contributed by atoms with E-state index in [1.165, 1.54) is 11.3 Å². The third-order valence-corrected chi connectivity index (χ3v) is 5.49. The molecule has 0 atom stereocenters. The van der Waals surface area contributed by atoms with Crippen molar-refractivity contribution >= 4 is 45.3 Å². The first-order chi connectivity index (χ1) is 13.3. The monoisotopic (exact) mass is 392 g/mol. The summed E-state index contributed by atoms with van der Waals surface area (Å²) in [6, 6.07) is 7.90. The molecule has 0 fully saturated rings. The van der Waals surface area contributed by atoms with Crippen LogP contribution in [0, 0.1) is 0 Å². The third kappa shape index (κ3) is 3.71. The molecule has 0 N–H and O–H groups in total. The Morgan fingerprint density at radius 3 is 2.67 bits per heavy atom. The predicted octanol–water partition coefficient (Wildman–Crippen LogP) is 4.76. The van der Waals surface area contributed by atoms with Gasteiger partial charge in [-0.2, -0.15) is 0 Å². The van der Waals surface area contributed by atoms with Gasteiger partial charge in [0.2, 0.25) is 0 Å². The fraction of sp³-hybridized carbons (Fsp3) is 0.0526. The van der Waals surface area contributed by atoms with Gasteiger partial charge in [0.25, 0.3) is 0 Å². The zero-order valence-electron chi connectivity index (χ0n) is 14.7. The number of thiophene rings is 1. The molecule has 0 bridgehead atoms. The highest BCUT2D eigenvalue weighted by Gasteiger charge is 2.16. The van der Waals surface area contributed by atoms with E-state index in [4.69, 9.17) is 4.98 Å². The molecule has 0 aliphatic heterocycles. The highest BCUT2D eigenvalue weighted by Crippen LogP contribution is 2.32. The van der Waals surface area contributed by atoms with E-state index in [0.717, 1.165) is 37.1 Å². The van der Waals surface area contributed by atoms with Crippen molar-refractivity contribution in [3.05, 3.63) is 60.9 Å². The van der Waals surface area contributed by atoms with Gasteiger partial charge in [0.05, 0.1) is 4.70 Å². The minimum absolute atomic E-state index is 0.520. The van der Waals surface area contributed by atoms with Gasteiger partial charge in [-0.3, -0.25) is 9.98 Å². The summed E-state index contributed by atoms with van der Waals surface area (Å²) >= 11 is 3.09. The summed E-state index contributed by atoms with van der Waals surface area (Å²) in [5.74, 6) is 0.520. The van der Waals surface area contributed by atoms with Crippen LogP contribution in [0.4, 0.5) is 0 Å². The number of aromatic nitrogens is 4. The van der Waals surface area contributed by atoms with E-state index in [2.05, 4.69) is 45.0 Å². The van der Waals surface area contributed by atoms with Crippen molar-refractivity contribution in [2.45, 2.75) is 0 Å². The van der Waals surface area contributed by atoms with Crippen LogP contribution in [0.15, 0.2) is 65.2 Å². The molecule has 6 nitrogen and oxygen atoms in total. The molecule has 0 saturated carbocycles. The molecular formula is C19H16N6S2. The number of hydrogen-bond acceptors (Lipinski definition) is 7. The van der Waals surface area contributed by atoms with E-state index in [9.17, 15) is 0 Å². The lowest BCUT2D eigenvalue weighted by Gasteiger charge is -2.04. The Balaban J connectivity index is 0.00000102. The molecule has 27 heavy (non-hydrogen) atoms. The molecule has 4 heterocycles. The van der Waals surface area contributed by atoms with Crippen molar-refractivity contribution in [3.63, 3.8) is 0 Å². The van der Waals surface area contributed by atoms with E-state index < -0.39 is 0 Å². The maximum atomic E-state index is 4.73. The Hall–Kier alpha value is -3.10. The van der Waals surface area contributed by atoms with Gasteiger partial charge in [0.15, 0.2) is 10.8 Å². The summed E-state index contributed by atoms with van der Waals surface area (Å²) < 4.78 is 1.04. The third-order valence-electron chi connectivity index (χ3n) is 3.56. The lowest BCUT2D eigenvalue weighted by atomic mass is 10.2. The van der Waals surface area contributed by atoms with Crippen molar-refractivity contribution in [1.29, 1.82) is 0 Å². The van der Waals surface area contributed by atoms with Crippen LogP contribution in [0.2, 0.25) is 0 Å². The van der Waals surface area contributed by atoms with Crippen molar-refractivity contribution in [1.82, 2.24) is 20.2 Å². The molecule has 134 valence electrons. The topological polar surface area (TPSA) is 76.3 Å². The molecule has 0 aliphatic carbocycles. The number of aliphatic imine (C=N–C) groups is 2. The fourth-order valence-electron chi connectivity index (χ4n) is 2.42. The molecule has 4 rings (SSSR count). The smallest absolute Gasteiger partial charge is 0.174 e. The molecule has 0 aromatic carbocycles. The molecular weight excluding hydrogens is 376 g/mol. The van der Waals surface area contributed by atoms with Crippen molar-refractivity contribution in [3.8, 4) is 21.3 Å². The van der Waals surface area contributed by atoms with Crippen LogP contribution in [-0.4, -0.2) is 39.8 Å².